The van der Waals surface area contributed by atoms with Gasteiger partial charge in [-0.25, -0.2) is 13.6 Å². The van der Waals surface area contributed by atoms with E-state index in [1.807, 2.05) is 13.0 Å². The van der Waals surface area contributed by atoms with Crippen LogP contribution in [0, 0.1) is 0 Å². The third-order valence-corrected chi connectivity index (χ3v) is 5.59. The molecule has 1 fully saturated rings. The van der Waals surface area contributed by atoms with Gasteiger partial charge in [0, 0.05) is 38.1 Å². The molecule has 4 rings (SSSR count). The molecule has 2 amide bonds. The number of fused-ring (bicyclic) bond motifs is 1. The average molecular weight is 434 g/mol. The fourth-order valence-corrected chi connectivity index (χ4v) is 4.09. The number of carbonyl (C=O) groups excluding carboxylic acids is 2. The zero-order valence-electron chi connectivity index (χ0n) is 17.3. The summed E-state index contributed by atoms with van der Waals surface area (Å²) in [5, 5.41) is 13.3. The Labute approximate surface area is 178 Å². The topological polar surface area (TPSA) is 87.9 Å². The second-order valence-corrected chi connectivity index (χ2v) is 8.04. The molecule has 0 unspecified atom stereocenters. The lowest BCUT2D eigenvalue weighted by Crippen LogP contribution is -2.53. The smallest absolute Gasteiger partial charge is 0.414 e. The van der Waals surface area contributed by atoms with Crippen LogP contribution in [0.4, 0.5) is 25.0 Å². The van der Waals surface area contributed by atoms with Crippen LogP contribution < -0.4 is 9.80 Å². The zero-order chi connectivity index (χ0) is 22.3. The van der Waals surface area contributed by atoms with E-state index in [0.29, 0.717) is 17.9 Å². The number of aliphatic hydroxyl groups is 1. The number of aromatic nitrogens is 2. The lowest BCUT2D eigenvalue weighted by molar-refractivity contribution is -0.143. The summed E-state index contributed by atoms with van der Waals surface area (Å²) in [5.74, 6) is -2.95. The third-order valence-electron chi connectivity index (χ3n) is 5.59. The summed E-state index contributed by atoms with van der Waals surface area (Å²) >= 11 is 0. The van der Waals surface area contributed by atoms with E-state index in [-0.39, 0.29) is 25.1 Å². The summed E-state index contributed by atoms with van der Waals surface area (Å²) in [5.41, 5.74) is 2.55. The van der Waals surface area contributed by atoms with Crippen LogP contribution in [0.5, 0.6) is 0 Å². The van der Waals surface area contributed by atoms with E-state index < -0.39 is 31.0 Å². The fourth-order valence-electron chi connectivity index (χ4n) is 4.09. The van der Waals surface area contributed by atoms with E-state index in [4.69, 9.17) is 9.84 Å². The van der Waals surface area contributed by atoms with Crippen LogP contribution >= 0.6 is 0 Å². The van der Waals surface area contributed by atoms with Crippen LogP contribution in [-0.4, -0.2) is 58.1 Å². The number of anilines is 2. The zero-order valence-corrected chi connectivity index (χ0v) is 17.3. The van der Waals surface area contributed by atoms with Gasteiger partial charge in [0.15, 0.2) is 0 Å². The molecule has 1 atom stereocenters. The highest BCUT2D eigenvalue weighted by Crippen LogP contribution is 2.42. The number of aliphatic hydroxyl groups excluding tert-OH is 1. The lowest BCUT2D eigenvalue weighted by atomic mass is 9.91. The lowest BCUT2D eigenvalue weighted by Gasteiger charge is -2.42. The number of rotatable bonds is 4. The maximum atomic E-state index is 13.1. The van der Waals surface area contributed by atoms with Gasteiger partial charge in [-0.05, 0) is 24.6 Å². The normalized spacial score (nSPS) is 20.2. The standard InChI is InChI=1S/C21H24F2N4O4/c1-13-11-26(20(30)31-17-8-21(22,23)9-17)19-7-15(3-4-18(19)27(13)14(2)29)16-10-24-25(12-16)5-6-28/h3-4,7,10,12-13,17,28H,5-6,8-9,11H2,1-2H3/t13-/m0/s1. The molecule has 1 saturated carbocycles. The molecule has 2 heterocycles. The van der Waals surface area contributed by atoms with Gasteiger partial charge in [-0.3, -0.25) is 14.4 Å². The van der Waals surface area contributed by atoms with Crippen LogP contribution in [0.2, 0.25) is 0 Å². The number of halogens is 2. The molecule has 0 saturated heterocycles. The van der Waals surface area contributed by atoms with Crippen molar-refractivity contribution < 1.29 is 28.2 Å². The number of amides is 2. The quantitative estimate of drug-likeness (QED) is 0.799. The molecule has 1 aliphatic heterocycles. The van der Waals surface area contributed by atoms with E-state index in [1.54, 1.807) is 34.1 Å². The maximum absolute atomic E-state index is 13.1. The first-order chi connectivity index (χ1) is 14.7. The van der Waals surface area contributed by atoms with Gasteiger partial charge < -0.3 is 14.7 Å². The van der Waals surface area contributed by atoms with Crippen LogP contribution in [0.25, 0.3) is 11.1 Å². The predicted molar refractivity (Wildman–Crippen MR) is 109 cm³/mol. The molecule has 1 aromatic carbocycles. The van der Waals surface area contributed by atoms with Crippen molar-refractivity contribution >= 4 is 23.4 Å². The van der Waals surface area contributed by atoms with E-state index >= 15 is 0 Å². The Morgan fingerprint density at radius 2 is 2.00 bits per heavy atom. The van der Waals surface area contributed by atoms with Crippen molar-refractivity contribution in [3.8, 4) is 11.1 Å². The maximum Gasteiger partial charge on any atom is 0.414 e. The molecule has 0 spiro atoms. The minimum atomic E-state index is -2.79. The van der Waals surface area contributed by atoms with Crippen molar-refractivity contribution in [2.24, 2.45) is 0 Å². The van der Waals surface area contributed by atoms with Crippen molar-refractivity contribution in [1.29, 1.82) is 0 Å². The molecule has 166 valence electrons. The summed E-state index contributed by atoms with van der Waals surface area (Å²) in [6, 6.07) is 5.03. The number of ether oxygens (including phenoxy) is 1. The van der Waals surface area contributed by atoms with Crippen molar-refractivity contribution in [3.05, 3.63) is 30.6 Å². The molecule has 0 radical (unpaired) electrons. The largest absolute Gasteiger partial charge is 0.445 e. The van der Waals surface area contributed by atoms with Gasteiger partial charge in [-0.1, -0.05) is 6.07 Å². The van der Waals surface area contributed by atoms with Gasteiger partial charge in [0.2, 0.25) is 5.91 Å². The SMILES string of the molecule is CC(=O)N1c2ccc(-c3cnn(CCO)c3)cc2N(C(=O)OC2CC(F)(F)C2)C[C@@H]1C. The van der Waals surface area contributed by atoms with Crippen molar-refractivity contribution in [1.82, 2.24) is 9.78 Å². The highest BCUT2D eigenvalue weighted by Gasteiger charge is 2.48. The van der Waals surface area contributed by atoms with E-state index in [2.05, 4.69) is 5.10 Å². The van der Waals surface area contributed by atoms with Crippen molar-refractivity contribution in [3.63, 3.8) is 0 Å². The first kappa shape index (κ1) is 21.2. The number of hydrogen-bond donors (Lipinski definition) is 1. The summed E-state index contributed by atoms with van der Waals surface area (Å²) in [7, 11) is 0. The molecule has 0 bridgehead atoms. The summed E-state index contributed by atoms with van der Waals surface area (Å²) in [4.78, 5) is 28.1. The third kappa shape index (κ3) is 4.12. The summed E-state index contributed by atoms with van der Waals surface area (Å²) < 4.78 is 33.2. The van der Waals surface area contributed by atoms with Crippen LogP contribution in [0.15, 0.2) is 30.6 Å². The van der Waals surface area contributed by atoms with Gasteiger partial charge in [-0.15, -0.1) is 0 Å². The van der Waals surface area contributed by atoms with E-state index in [0.717, 1.165) is 11.1 Å². The minimum absolute atomic E-state index is 0.0450. The van der Waals surface area contributed by atoms with E-state index in [1.165, 1.54) is 11.8 Å². The Kier molecular flexibility index (Phi) is 5.42. The molecule has 1 aliphatic carbocycles. The van der Waals surface area contributed by atoms with Gasteiger partial charge in [-0.2, -0.15) is 5.10 Å². The summed E-state index contributed by atoms with van der Waals surface area (Å²) in [6.45, 7) is 3.76. The molecule has 1 aromatic heterocycles. The highest BCUT2D eigenvalue weighted by atomic mass is 19.3. The predicted octanol–water partition coefficient (Wildman–Crippen LogP) is 3.04. The Hall–Kier alpha value is -3.01. The second-order valence-electron chi connectivity index (χ2n) is 8.04. The van der Waals surface area contributed by atoms with Gasteiger partial charge >= 0.3 is 6.09 Å². The number of carbonyl (C=O) groups is 2. The van der Waals surface area contributed by atoms with Gasteiger partial charge in [0.05, 0.1) is 36.8 Å². The fraction of sp³-hybridized carbons (Fsp3) is 0.476. The van der Waals surface area contributed by atoms with Crippen LogP contribution in [-0.2, 0) is 16.1 Å². The first-order valence-electron chi connectivity index (χ1n) is 10.1. The van der Waals surface area contributed by atoms with Gasteiger partial charge in [0.25, 0.3) is 5.92 Å². The Morgan fingerprint density at radius 1 is 1.26 bits per heavy atom. The molecule has 1 N–H and O–H groups in total. The minimum Gasteiger partial charge on any atom is -0.445 e. The molecular weight excluding hydrogens is 410 g/mol. The summed E-state index contributed by atoms with van der Waals surface area (Å²) in [6.07, 6.45) is 0.949. The number of nitrogens with zero attached hydrogens (tertiary/aromatic N) is 4. The Morgan fingerprint density at radius 3 is 2.65 bits per heavy atom. The Balaban J connectivity index is 1.67. The highest BCUT2D eigenvalue weighted by molar-refractivity contribution is 6.03. The number of hydrogen-bond acceptors (Lipinski definition) is 5. The molecule has 31 heavy (non-hydrogen) atoms. The average Bonchev–Trinajstić information content (AvgIpc) is 3.14. The number of benzene rings is 1. The molecule has 2 aliphatic rings. The van der Waals surface area contributed by atoms with E-state index in [9.17, 15) is 18.4 Å². The number of alkyl halides is 2. The van der Waals surface area contributed by atoms with Crippen molar-refractivity contribution in [2.45, 2.75) is 51.3 Å². The Bertz CT molecular complexity index is 1000. The van der Waals surface area contributed by atoms with Crippen molar-refractivity contribution in [2.75, 3.05) is 23.0 Å². The van der Waals surface area contributed by atoms with Crippen LogP contribution in [0.3, 0.4) is 0 Å². The van der Waals surface area contributed by atoms with Crippen LogP contribution in [0.1, 0.15) is 26.7 Å². The van der Waals surface area contributed by atoms with Gasteiger partial charge in [0.1, 0.15) is 6.10 Å². The molecule has 8 nitrogen and oxygen atoms in total. The monoisotopic (exact) mass is 434 g/mol. The molecule has 2 aromatic rings. The second kappa shape index (κ2) is 7.92. The first-order valence-corrected chi connectivity index (χ1v) is 10.1. The molecular formula is C21H24F2N4O4. The molecule has 10 heteroatoms.